The van der Waals surface area contributed by atoms with E-state index in [1.165, 1.54) is 0 Å². The Balaban J connectivity index is 2.29. The standard InChI is InChI=1S/C13H24N2O3S/c1-10(4-5-11(16)17)8-14-12(18)15-6-7-19-13(2,3)9-15/h10H,4-9H2,1-3H3,(H,14,18)(H,16,17). The largest absolute Gasteiger partial charge is 0.481 e. The molecule has 1 unspecified atom stereocenters. The van der Waals surface area contributed by atoms with Crippen LogP contribution in [-0.2, 0) is 4.79 Å². The highest BCUT2D eigenvalue weighted by Gasteiger charge is 2.29. The first-order valence-corrected chi connectivity index (χ1v) is 7.67. The van der Waals surface area contributed by atoms with Crippen LogP contribution >= 0.6 is 11.8 Å². The summed E-state index contributed by atoms with van der Waals surface area (Å²) >= 11 is 1.89. The maximum atomic E-state index is 12.0. The Morgan fingerprint density at radius 2 is 2.16 bits per heavy atom. The second-order valence-electron chi connectivity index (χ2n) is 5.75. The molecule has 110 valence electrons. The van der Waals surface area contributed by atoms with Crippen molar-refractivity contribution in [3.8, 4) is 0 Å². The van der Waals surface area contributed by atoms with Gasteiger partial charge in [-0.3, -0.25) is 4.79 Å². The summed E-state index contributed by atoms with van der Waals surface area (Å²) in [6.45, 7) is 8.32. The van der Waals surface area contributed by atoms with E-state index in [9.17, 15) is 9.59 Å². The van der Waals surface area contributed by atoms with Crippen LogP contribution in [-0.4, -0.2) is 52.1 Å². The lowest BCUT2D eigenvalue weighted by Crippen LogP contribution is -2.50. The van der Waals surface area contributed by atoms with E-state index in [0.717, 1.165) is 18.8 Å². The second-order valence-corrected chi connectivity index (χ2v) is 7.56. The van der Waals surface area contributed by atoms with Crippen molar-refractivity contribution in [2.45, 2.75) is 38.4 Å². The first-order chi connectivity index (χ1) is 8.80. The number of thioether (sulfide) groups is 1. The van der Waals surface area contributed by atoms with Gasteiger partial charge in [-0.15, -0.1) is 0 Å². The van der Waals surface area contributed by atoms with Crippen LogP contribution in [0.5, 0.6) is 0 Å². The number of nitrogens with zero attached hydrogens (tertiary/aromatic N) is 1. The number of rotatable bonds is 5. The van der Waals surface area contributed by atoms with E-state index in [2.05, 4.69) is 19.2 Å². The van der Waals surface area contributed by atoms with Crippen molar-refractivity contribution in [1.29, 1.82) is 0 Å². The lowest BCUT2D eigenvalue weighted by atomic mass is 10.1. The molecule has 0 radical (unpaired) electrons. The van der Waals surface area contributed by atoms with Gasteiger partial charge in [0.2, 0.25) is 0 Å². The lowest BCUT2D eigenvalue weighted by Gasteiger charge is -2.37. The molecule has 0 saturated carbocycles. The predicted octanol–water partition coefficient (Wildman–Crippen LogP) is 2.02. The van der Waals surface area contributed by atoms with Crippen LogP contribution < -0.4 is 5.32 Å². The summed E-state index contributed by atoms with van der Waals surface area (Å²) < 4.78 is 0.116. The maximum absolute atomic E-state index is 12.0. The van der Waals surface area contributed by atoms with Crippen LogP contribution in [0.15, 0.2) is 0 Å². The molecule has 0 aromatic carbocycles. The molecule has 1 fully saturated rings. The summed E-state index contributed by atoms with van der Waals surface area (Å²) in [6.07, 6.45) is 0.751. The smallest absolute Gasteiger partial charge is 0.317 e. The molecule has 0 aromatic heterocycles. The minimum Gasteiger partial charge on any atom is -0.481 e. The fourth-order valence-electron chi connectivity index (χ4n) is 2.04. The maximum Gasteiger partial charge on any atom is 0.317 e. The Hall–Kier alpha value is -0.910. The number of hydrogen-bond donors (Lipinski definition) is 2. The molecule has 1 aliphatic heterocycles. The van der Waals surface area contributed by atoms with Crippen molar-refractivity contribution < 1.29 is 14.7 Å². The molecule has 1 saturated heterocycles. The Morgan fingerprint density at radius 1 is 1.47 bits per heavy atom. The number of carbonyl (C=O) groups excluding carboxylic acids is 1. The molecule has 1 aliphatic rings. The topological polar surface area (TPSA) is 69.6 Å². The molecule has 0 aromatic rings. The first kappa shape index (κ1) is 16.1. The minimum atomic E-state index is -0.784. The fourth-order valence-corrected chi connectivity index (χ4v) is 3.15. The number of carboxylic acids is 1. The van der Waals surface area contributed by atoms with Gasteiger partial charge in [0.15, 0.2) is 0 Å². The summed E-state index contributed by atoms with van der Waals surface area (Å²) in [5.74, 6) is 0.370. The molecule has 0 aliphatic carbocycles. The molecule has 6 heteroatoms. The van der Waals surface area contributed by atoms with Crippen molar-refractivity contribution in [3.63, 3.8) is 0 Å². The molecular weight excluding hydrogens is 264 g/mol. The number of hydrogen-bond acceptors (Lipinski definition) is 3. The van der Waals surface area contributed by atoms with Gasteiger partial charge >= 0.3 is 12.0 Å². The molecular formula is C13H24N2O3S. The van der Waals surface area contributed by atoms with Crippen molar-refractivity contribution in [2.24, 2.45) is 5.92 Å². The zero-order valence-electron chi connectivity index (χ0n) is 11.9. The third-order valence-electron chi connectivity index (χ3n) is 3.17. The van der Waals surface area contributed by atoms with Gasteiger partial charge in [-0.25, -0.2) is 4.79 Å². The van der Waals surface area contributed by atoms with Gasteiger partial charge in [-0.05, 0) is 26.2 Å². The third kappa shape index (κ3) is 6.18. The van der Waals surface area contributed by atoms with E-state index in [-0.39, 0.29) is 23.1 Å². The number of amides is 2. The van der Waals surface area contributed by atoms with Crippen LogP contribution in [0.2, 0.25) is 0 Å². The average Bonchev–Trinajstić information content (AvgIpc) is 2.32. The van der Waals surface area contributed by atoms with E-state index in [0.29, 0.717) is 13.0 Å². The predicted molar refractivity (Wildman–Crippen MR) is 77.5 cm³/mol. The second kappa shape index (κ2) is 7.03. The van der Waals surface area contributed by atoms with E-state index in [1.807, 2.05) is 23.6 Å². The van der Waals surface area contributed by atoms with E-state index < -0.39 is 5.97 Å². The number of carboxylic acid groups (broad SMARTS) is 1. The van der Waals surface area contributed by atoms with Gasteiger partial charge in [-0.1, -0.05) is 6.92 Å². The summed E-state index contributed by atoms with van der Waals surface area (Å²) in [5.41, 5.74) is 0. The van der Waals surface area contributed by atoms with Crippen LogP contribution in [0.4, 0.5) is 4.79 Å². The monoisotopic (exact) mass is 288 g/mol. The highest BCUT2D eigenvalue weighted by molar-refractivity contribution is 8.00. The van der Waals surface area contributed by atoms with E-state index in [4.69, 9.17) is 5.11 Å². The van der Waals surface area contributed by atoms with E-state index in [1.54, 1.807) is 0 Å². The fraction of sp³-hybridized carbons (Fsp3) is 0.846. The molecule has 2 amide bonds. The van der Waals surface area contributed by atoms with E-state index >= 15 is 0 Å². The van der Waals surface area contributed by atoms with Gasteiger partial charge in [0.25, 0.3) is 0 Å². The average molecular weight is 288 g/mol. The summed E-state index contributed by atoms with van der Waals surface area (Å²) in [4.78, 5) is 24.3. The Morgan fingerprint density at radius 3 is 2.74 bits per heavy atom. The van der Waals surface area contributed by atoms with Crippen molar-refractivity contribution in [1.82, 2.24) is 10.2 Å². The molecule has 1 atom stereocenters. The normalized spacial score (nSPS) is 19.8. The molecule has 0 bridgehead atoms. The molecule has 1 rings (SSSR count). The number of nitrogens with one attached hydrogen (secondary N) is 1. The number of urea groups is 1. The van der Waals surface area contributed by atoms with Crippen LogP contribution in [0.25, 0.3) is 0 Å². The number of aliphatic carboxylic acids is 1. The first-order valence-electron chi connectivity index (χ1n) is 6.69. The van der Waals surface area contributed by atoms with Gasteiger partial charge in [0.05, 0.1) is 0 Å². The summed E-state index contributed by atoms with van der Waals surface area (Å²) in [7, 11) is 0. The number of carbonyl (C=O) groups is 2. The highest BCUT2D eigenvalue weighted by Crippen LogP contribution is 2.29. The Bertz CT molecular complexity index is 334. The van der Waals surface area contributed by atoms with Gasteiger partial charge in [0, 0.05) is 36.6 Å². The van der Waals surface area contributed by atoms with Crippen LogP contribution in [0.3, 0.4) is 0 Å². The molecule has 2 N–H and O–H groups in total. The van der Waals surface area contributed by atoms with Crippen molar-refractivity contribution in [3.05, 3.63) is 0 Å². The van der Waals surface area contributed by atoms with Crippen molar-refractivity contribution in [2.75, 3.05) is 25.4 Å². The lowest BCUT2D eigenvalue weighted by molar-refractivity contribution is -0.137. The summed E-state index contributed by atoms with van der Waals surface area (Å²) in [5, 5.41) is 11.5. The molecule has 0 spiro atoms. The SMILES string of the molecule is CC(CCC(=O)O)CNC(=O)N1CCSC(C)(C)C1. The molecule has 19 heavy (non-hydrogen) atoms. The van der Waals surface area contributed by atoms with Gasteiger partial charge < -0.3 is 15.3 Å². The Labute approximate surface area is 119 Å². The quantitative estimate of drug-likeness (QED) is 0.812. The van der Waals surface area contributed by atoms with Crippen LogP contribution in [0, 0.1) is 5.92 Å². The molecule has 1 heterocycles. The van der Waals surface area contributed by atoms with Crippen molar-refractivity contribution >= 4 is 23.8 Å². The zero-order valence-corrected chi connectivity index (χ0v) is 12.8. The van der Waals surface area contributed by atoms with Crippen LogP contribution in [0.1, 0.15) is 33.6 Å². The third-order valence-corrected chi connectivity index (χ3v) is 4.46. The molecule has 5 nitrogen and oxygen atoms in total. The van der Waals surface area contributed by atoms with Gasteiger partial charge in [0.1, 0.15) is 0 Å². The highest BCUT2D eigenvalue weighted by atomic mass is 32.2. The zero-order chi connectivity index (χ0) is 14.5. The summed E-state index contributed by atoms with van der Waals surface area (Å²) in [6, 6.07) is -0.0319. The minimum absolute atomic E-state index is 0.0319. The van der Waals surface area contributed by atoms with Gasteiger partial charge in [-0.2, -0.15) is 11.8 Å². The Kier molecular flexibility index (Phi) is 5.97.